The van der Waals surface area contributed by atoms with Gasteiger partial charge in [0.25, 0.3) is 0 Å². The molecule has 1 saturated carbocycles. The fraction of sp³-hybridized carbons (Fsp3) is 0.381. The Hall–Kier alpha value is -2.25. The molecule has 1 N–H and O–H groups in total. The minimum atomic E-state index is -3.71. The third kappa shape index (κ3) is 3.69. The van der Waals surface area contributed by atoms with Crippen molar-refractivity contribution in [2.75, 3.05) is 6.54 Å². The van der Waals surface area contributed by atoms with Gasteiger partial charge >= 0.3 is 0 Å². The van der Waals surface area contributed by atoms with Gasteiger partial charge < -0.3 is 5.32 Å². The lowest BCUT2D eigenvalue weighted by Crippen LogP contribution is -2.46. The number of aryl methyl sites for hydroxylation is 1. The summed E-state index contributed by atoms with van der Waals surface area (Å²) in [6.07, 6.45) is 1.90. The monoisotopic (exact) mass is 402 g/mol. The van der Waals surface area contributed by atoms with Crippen LogP contribution >= 0.6 is 0 Å². The first-order valence-electron chi connectivity index (χ1n) is 9.50. The molecule has 3 atom stereocenters. The number of nitrogens with one attached hydrogen (secondary N) is 1. The number of hydrogen-bond donors (Lipinski definition) is 1. The Morgan fingerprint density at radius 3 is 2.64 bits per heavy atom. The van der Waals surface area contributed by atoms with Crippen molar-refractivity contribution in [1.29, 1.82) is 0 Å². The number of hydrogen-bond acceptors (Lipinski definition) is 3. The number of benzene rings is 2. The predicted octanol–water partition coefficient (Wildman–Crippen LogP) is 2.96. The first-order chi connectivity index (χ1) is 13.4. The Kier molecular flexibility index (Phi) is 4.97. The molecule has 2 aromatic carbocycles. The molecule has 28 heavy (non-hydrogen) atoms. The molecular formula is C21H23FN2O3S. The van der Waals surface area contributed by atoms with Gasteiger partial charge in [0.05, 0.1) is 4.90 Å². The molecule has 0 aromatic heterocycles. The highest BCUT2D eigenvalue weighted by atomic mass is 32.2. The molecule has 1 aliphatic carbocycles. The summed E-state index contributed by atoms with van der Waals surface area (Å²) >= 11 is 0. The van der Waals surface area contributed by atoms with E-state index in [0.29, 0.717) is 19.4 Å². The van der Waals surface area contributed by atoms with Crippen molar-refractivity contribution in [3.63, 3.8) is 0 Å². The molecule has 0 bridgehead atoms. The van der Waals surface area contributed by atoms with Crippen molar-refractivity contribution in [3.05, 3.63) is 65.5 Å². The Bertz CT molecular complexity index is 991. The Morgan fingerprint density at radius 1 is 1.18 bits per heavy atom. The van der Waals surface area contributed by atoms with Crippen LogP contribution < -0.4 is 5.32 Å². The summed E-state index contributed by atoms with van der Waals surface area (Å²) in [6, 6.07) is 12.3. The van der Waals surface area contributed by atoms with Gasteiger partial charge in [0.2, 0.25) is 15.9 Å². The van der Waals surface area contributed by atoms with Gasteiger partial charge in [0, 0.05) is 18.5 Å². The third-order valence-electron chi connectivity index (χ3n) is 5.53. The van der Waals surface area contributed by atoms with Gasteiger partial charge in [0.15, 0.2) is 0 Å². The number of amides is 1. The Labute approximate surface area is 164 Å². The standard InChI is InChI=1S/C21H23FN2O3S/c1-14-7-9-17(10-8-14)28(26,27)24-11-3-6-20(24)21(25)23-19-13-18(19)15-4-2-5-16(22)12-15/h2,4-5,7-10,12,18-20H,3,6,11,13H2,1H3,(H,23,25)/t18?,19?,20-/m0/s1. The molecule has 2 aliphatic rings. The molecule has 2 fully saturated rings. The zero-order chi connectivity index (χ0) is 19.9. The molecule has 1 aliphatic heterocycles. The topological polar surface area (TPSA) is 66.5 Å². The first-order valence-corrected chi connectivity index (χ1v) is 10.9. The van der Waals surface area contributed by atoms with E-state index in [0.717, 1.165) is 17.5 Å². The average Bonchev–Trinajstić information content (AvgIpc) is 3.23. The van der Waals surface area contributed by atoms with Crippen LogP contribution in [0.5, 0.6) is 0 Å². The number of carbonyl (C=O) groups is 1. The van der Waals surface area contributed by atoms with Crippen molar-refractivity contribution in [2.45, 2.75) is 49.1 Å². The van der Waals surface area contributed by atoms with Gasteiger partial charge in [-0.1, -0.05) is 29.8 Å². The predicted molar refractivity (Wildman–Crippen MR) is 104 cm³/mol. The average molecular weight is 402 g/mol. The van der Waals surface area contributed by atoms with Crippen LogP contribution in [0.15, 0.2) is 53.4 Å². The van der Waals surface area contributed by atoms with E-state index in [1.807, 2.05) is 13.0 Å². The maximum atomic E-state index is 13.4. The molecule has 1 amide bonds. The molecular weight excluding hydrogens is 379 g/mol. The lowest BCUT2D eigenvalue weighted by Gasteiger charge is -2.23. The minimum absolute atomic E-state index is 0.0705. The summed E-state index contributed by atoms with van der Waals surface area (Å²) in [5.74, 6) is -0.471. The maximum Gasteiger partial charge on any atom is 0.243 e. The van der Waals surface area contributed by atoms with Crippen LogP contribution in [0.3, 0.4) is 0 Å². The highest BCUT2D eigenvalue weighted by Gasteiger charge is 2.44. The summed E-state index contributed by atoms with van der Waals surface area (Å²) in [6.45, 7) is 2.24. The quantitative estimate of drug-likeness (QED) is 0.836. The van der Waals surface area contributed by atoms with Gasteiger partial charge in [-0.25, -0.2) is 12.8 Å². The Balaban J connectivity index is 1.45. The maximum absolute atomic E-state index is 13.4. The largest absolute Gasteiger partial charge is 0.351 e. The number of sulfonamides is 1. The fourth-order valence-corrected chi connectivity index (χ4v) is 5.53. The highest BCUT2D eigenvalue weighted by molar-refractivity contribution is 7.89. The number of rotatable bonds is 5. The SMILES string of the molecule is Cc1ccc(S(=O)(=O)N2CCC[C@H]2C(=O)NC2CC2c2cccc(F)c2)cc1. The van der Waals surface area contributed by atoms with Crippen LogP contribution in [-0.4, -0.2) is 37.3 Å². The van der Waals surface area contributed by atoms with Crippen molar-refractivity contribution in [2.24, 2.45) is 0 Å². The lowest BCUT2D eigenvalue weighted by atomic mass is 10.1. The van der Waals surface area contributed by atoms with Crippen LogP contribution in [0.1, 0.15) is 36.3 Å². The molecule has 5 nitrogen and oxygen atoms in total. The molecule has 2 aromatic rings. The smallest absolute Gasteiger partial charge is 0.243 e. The first kappa shape index (κ1) is 19.1. The third-order valence-corrected chi connectivity index (χ3v) is 7.45. The molecule has 1 saturated heterocycles. The fourth-order valence-electron chi connectivity index (χ4n) is 3.87. The van der Waals surface area contributed by atoms with Crippen molar-refractivity contribution >= 4 is 15.9 Å². The second-order valence-electron chi connectivity index (χ2n) is 7.60. The van der Waals surface area contributed by atoms with E-state index in [-0.39, 0.29) is 28.6 Å². The van der Waals surface area contributed by atoms with Gasteiger partial charge in [-0.3, -0.25) is 4.79 Å². The van der Waals surface area contributed by atoms with Crippen molar-refractivity contribution in [3.8, 4) is 0 Å². The van der Waals surface area contributed by atoms with Gasteiger partial charge in [-0.15, -0.1) is 0 Å². The second-order valence-corrected chi connectivity index (χ2v) is 9.49. The van der Waals surface area contributed by atoms with Crippen molar-refractivity contribution < 1.29 is 17.6 Å². The van der Waals surface area contributed by atoms with Crippen LogP contribution in [0, 0.1) is 12.7 Å². The van der Waals surface area contributed by atoms with Crippen LogP contribution in [0.25, 0.3) is 0 Å². The summed E-state index contributed by atoms with van der Waals surface area (Å²) in [5.41, 5.74) is 1.84. The molecule has 4 rings (SSSR count). The summed E-state index contributed by atoms with van der Waals surface area (Å²) in [5, 5.41) is 2.96. The molecule has 0 spiro atoms. The molecule has 2 unspecified atom stereocenters. The Morgan fingerprint density at radius 2 is 1.93 bits per heavy atom. The van der Waals surface area contributed by atoms with E-state index >= 15 is 0 Å². The van der Waals surface area contributed by atoms with Crippen molar-refractivity contribution in [1.82, 2.24) is 9.62 Å². The number of halogens is 1. The molecule has 148 valence electrons. The molecule has 0 radical (unpaired) electrons. The van der Waals surface area contributed by atoms with E-state index in [1.165, 1.54) is 16.4 Å². The van der Waals surface area contributed by atoms with E-state index < -0.39 is 16.1 Å². The van der Waals surface area contributed by atoms with E-state index in [2.05, 4.69) is 5.32 Å². The number of carbonyl (C=O) groups excluding carboxylic acids is 1. The van der Waals surface area contributed by atoms with Crippen LogP contribution in [0.2, 0.25) is 0 Å². The lowest BCUT2D eigenvalue weighted by molar-refractivity contribution is -0.124. The van der Waals surface area contributed by atoms with E-state index in [9.17, 15) is 17.6 Å². The van der Waals surface area contributed by atoms with Gasteiger partial charge in [-0.2, -0.15) is 4.31 Å². The highest BCUT2D eigenvalue weighted by Crippen LogP contribution is 2.41. The molecule has 7 heteroatoms. The van der Waals surface area contributed by atoms with Gasteiger partial charge in [0.1, 0.15) is 11.9 Å². The summed E-state index contributed by atoms with van der Waals surface area (Å²) in [7, 11) is -3.71. The van der Waals surface area contributed by atoms with Gasteiger partial charge in [-0.05, 0) is 56.0 Å². The van der Waals surface area contributed by atoms with Crippen LogP contribution in [-0.2, 0) is 14.8 Å². The number of nitrogens with zero attached hydrogens (tertiary/aromatic N) is 1. The normalized spacial score (nSPS) is 24.9. The summed E-state index contributed by atoms with van der Waals surface area (Å²) in [4.78, 5) is 13.0. The second kappa shape index (κ2) is 7.29. The summed E-state index contributed by atoms with van der Waals surface area (Å²) < 4.78 is 40.7. The zero-order valence-electron chi connectivity index (χ0n) is 15.6. The van der Waals surface area contributed by atoms with E-state index in [1.54, 1.807) is 30.3 Å². The zero-order valence-corrected chi connectivity index (χ0v) is 16.5. The van der Waals surface area contributed by atoms with Crippen LogP contribution in [0.4, 0.5) is 4.39 Å². The molecule has 1 heterocycles. The van der Waals surface area contributed by atoms with E-state index in [4.69, 9.17) is 0 Å². The minimum Gasteiger partial charge on any atom is -0.351 e.